The first-order valence-electron chi connectivity index (χ1n) is 13.3. The Bertz CT molecular complexity index is 2400. The van der Waals surface area contributed by atoms with Crippen molar-refractivity contribution in [3.63, 3.8) is 0 Å². The van der Waals surface area contributed by atoms with Crippen LogP contribution in [0.15, 0.2) is 106 Å². The van der Waals surface area contributed by atoms with Gasteiger partial charge in [0.15, 0.2) is 16.9 Å². The molecular formula is C35H16N6O2. The predicted molar refractivity (Wildman–Crippen MR) is 162 cm³/mol. The molecule has 0 saturated carbocycles. The molecule has 0 aliphatic rings. The highest BCUT2D eigenvalue weighted by Gasteiger charge is 2.18. The van der Waals surface area contributed by atoms with E-state index in [1.807, 2.05) is 48.5 Å². The molecule has 0 aliphatic carbocycles. The van der Waals surface area contributed by atoms with Gasteiger partial charge >= 0.3 is 0 Å². The second-order valence-electron chi connectivity index (χ2n) is 10.1. The Labute approximate surface area is 243 Å². The fraction of sp³-hybridized carbons (Fsp3) is 0. The fourth-order valence-corrected chi connectivity index (χ4v) is 5.48. The zero-order chi connectivity index (χ0) is 29.1. The van der Waals surface area contributed by atoms with Crippen LogP contribution in [0.3, 0.4) is 0 Å². The Kier molecular flexibility index (Phi) is 5.15. The lowest BCUT2D eigenvalue weighted by Gasteiger charge is -2.08. The van der Waals surface area contributed by atoms with Crippen LogP contribution in [-0.4, -0.2) is 14.5 Å². The van der Waals surface area contributed by atoms with Crippen molar-refractivity contribution in [3.8, 4) is 40.7 Å². The molecule has 0 unspecified atom stereocenters. The molecule has 198 valence electrons. The maximum Gasteiger partial charge on any atom is 0.227 e. The van der Waals surface area contributed by atoms with Crippen molar-refractivity contribution in [1.29, 1.82) is 10.5 Å². The number of oxazole rings is 2. The van der Waals surface area contributed by atoms with Crippen LogP contribution in [0.2, 0.25) is 0 Å². The highest BCUT2D eigenvalue weighted by Crippen LogP contribution is 2.38. The van der Waals surface area contributed by atoms with Crippen LogP contribution in [0.5, 0.6) is 0 Å². The van der Waals surface area contributed by atoms with E-state index >= 15 is 0 Å². The van der Waals surface area contributed by atoms with E-state index in [9.17, 15) is 10.5 Å². The van der Waals surface area contributed by atoms with Crippen LogP contribution in [0.4, 0.5) is 5.69 Å². The van der Waals surface area contributed by atoms with Crippen LogP contribution in [0, 0.1) is 29.2 Å². The van der Waals surface area contributed by atoms with Crippen LogP contribution < -0.4 is 0 Å². The van der Waals surface area contributed by atoms with Crippen molar-refractivity contribution < 1.29 is 8.83 Å². The molecule has 0 aliphatic heterocycles. The summed E-state index contributed by atoms with van der Waals surface area (Å²) in [5, 5.41) is 20.5. The smallest absolute Gasteiger partial charge is 0.227 e. The Hall–Kier alpha value is -6.69. The third-order valence-electron chi connectivity index (χ3n) is 7.53. The maximum absolute atomic E-state index is 9.33. The lowest BCUT2D eigenvalue weighted by Crippen LogP contribution is -1.94. The average molecular weight is 553 g/mol. The molecule has 0 amide bonds. The standard InChI is InChI=1S/C35H16N6O2/c1-38-24-7-13-33-29(17-24)40-35(43-33)23-6-11-31-27(16-23)26-15-22(34-39-28-14-21(19-37)4-12-32(28)42-34)5-10-30(26)41(31)25-8-2-20(18-36)3-9-25/h2-17H. The summed E-state index contributed by atoms with van der Waals surface area (Å²) in [5.41, 5.74) is 8.49. The molecule has 0 spiro atoms. The Balaban J connectivity index is 1.35. The van der Waals surface area contributed by atoms with Crippen molar-refractivity contribution >= 4 is 49.7 Å². The third-order valence-corrected chi connectivity index (χ3v) is 7.53. The first kappa shape index (κ1) is 24.1. The van der Waals surface area contributed by atoms with E-state index in [-0.39, 0.29) is 0 Å². The first-order chi connectivity index (χ1) is 21.1. The molecular weight excluding hydrogens is 536 g/mol. The fourth-order valence-electron chi connectivity index (χ4n) is 5.48. The Morgan fingerprint density at radius 2 is 1.19 bits per heavy atom. The number of hydrogen-bond acceptors (Lipinski definition) is 6. The van der Waals surface area contributed by atoms with Gasteiger partial charge in [0.25, 0.3) is 0 Å². The van der Waals surface area contributed by atoms with Crippen LogP contribution in [0.25, 0.3) is 77.4 Å². The number of benzene rings is 5. The lowest BCUT2D eigenvalue weighted by atomic mass is 10.1. The lowest BCUT2D eigenvalue weighted by molar-refractivity contribution is 0.619. The summed E-state index contributed by atoms with van der Waals surface area (Å²) >= 11 is 0. The van der Waals surface area contributed by atoms with E-state index in [0.29, 0.717) is 50.8 Å². The van der Waals surface area contributed by atoms with E-state index in [2.05, 4.69) is 31.5 Å². The number of nitrogens with zero attached hydrogens (tertiary/aromatic N) is 6. The number of rotatable bonds is 3. The van der Waals surface area contributed by atoms with Crippen LogP contribution in [0.1, 0.15) is 11.1 Å². The second-order valence-corrected chi connectivity index (χ2v) is 10.1. The minimum Gasteiger partial charge on any atom is -0.436 e. The SMILES string of the molecule is [C-]#[N+]c1ccc2oc(-c3ccc4c(c3)c3cc(-c5nc6cc(C#N)ccc6o5)ccc3n4-c3ccc(C#N)cc3)nc2c1. The van der Waals surface area contributed by atoms with Gasteiger partial charge in [-0.2, -0.15) is 10.5 Å². The summed E-state index contributed by atoms with van der Waals surface area (Å²) in [5.74, 6) is 0.915. The molecule has 8 heteroatoms. The number of fused-ring (bicyclic) bond motifs is 5. The summed E-state index contributed by atoms with van der Waals surface area (Å²) in [7, 11) is 0. The summed E-state index contributed by atoms with van der Waals surface area (Å²) in [6, 6.07) is 34.3. The molecule has 0 N–H and O–H groups in total. The van der Waals surface area contributed by atoms with E-state index < -0.39 is 0 Å². The van der Waals surface area contributed by atoms with E-state index in [4.69, 9.17) is 15.4 Å². The monoisotopic (exact) mass is 552 g/mol. The molecule has 3 aromatic heterocycles. The van der Waals surface area contributed by atoms with Crippen molar-refractivity contribution in [1.82, 2.24) is 14.5 Å². The molecule has 5 aromatic carbocycles. The number of aromatic nitrogens is 3. The van der Waals surface area contributed by atoms with E-state index in [1.54, 1.807) is 48.5 Å². The van der Waals surface area contributed by atoms with Gasteiger partial charge in [-0.05, 0) is 91.0 Å². The van der Waals surface area contributed by atoms with Gasteiger partial charge in [-0.3, -0.25) is 0 Å². The Morgan fingerprint density at radius 1 is 0.628 bits per heavy atom. The molecule has 0 radical (unpaired) electrons. The van der Waals surface area contributed by atoms with Gasteiger partial charge in [0.1, 0.15) is 5.52 Å². The minimum absolute atomic E-state index is 0.456. The molecule has 3 heterocycles. The van der Waals surface area contributed by atoms with Gasteiger partial charge in [-0.1, -0.05) is 6.07 Å². The summed E-state index contributed by atoms with van der Waals surface area (Å²) in [4.78, 5) is 12.8. The molecule has 0 atom stereocenters. The maximum atomic E-state index is 9.33. The van der Waals surface area contributed by atoms with E-state index in [0.717, 1.165) is 38.6 Å². The van der Waals surface area contributed by atoms with Crippen molar-refractivity contribution in [3.05, 3.63) is 120 Å². The van der Waals surface area contributed by atoms with Crippen molar-refractivity contribution in [2.45, 2.75) is 0 Å². The highest BCUT2D eigenvalue weighted by molar-refractivity contribution is 6.11. The molecule has 8 rings (SSSR count). The third kappa shape index (κ3) is 3.82. The Morgan fingerprint density at radius 3 is 1.77 bits per heavy atom. The topological polar surface area (TPSA) is 109 Å². The highest BCUT2D eigenvalue weighted by atomic mass is 16.4. The predicted octanol–water partition coefficient (Wildman–Crippen LogP) is 8.69. The van der Waals surface area contributed by atoms with Gasteiger partial charge in [-0.25, -0.2) is 14.8 Å². The summed E-state index contributed by atoms with van der Waals surface area (Å²) in [6.07, 6.45) is 0. The quantitative estimate of drug-likeness (QED) is 0.203. The van der Waals surface area contributed by atoms with Crippen molar-refractivity contribution in [2.24, 2.45) is 0 Å². The zero-order valence-corrected chi connectivity index (χ0v) is 22.2. The number of hydrogen-bond donors (Lipinski definition) is 0. The molecule has 8 aromatic rings. The second kappa shape index (κ2) is 9.17. The normalized spacial score (nSPS) is 11.2. The van der Waals surface area contributed by atoms with Gasteiger partial charge in [0.05, 0.1) is 46.4 Å². The van der Waals surface area contributed by atoms with Gasteiger partial charge < -0.3 is 13.4 Å². The largest absolute Gasteiger partial charge is 0.436 e. The number of nitriles is 2. The average Bonchev–Trinajstić information content (AvgIpc) is 3.77. The van der Waals surface area contributed by atoms with Crippen LogP contribution in [-0.2, 0) is 0 Å². The molecule has 0 fully saturated rings. The van der Waals surface area contributed by atoms with Crippen LogP contribution >= 0.6 is 0 Å². The summed E-state index contributed by atoms with van der Waals surface area (Å²) < 4.78 is 14.3. The first-order valence-corrected chi connectivity index (χ1v) is 13.3. The van der Waals surface area contributed by atoms with Crippen molar-refractivity contribution in [2.75, 3.05) is 0 Å². The minimum atomic E-state index is 0.456. The molecule has 8 nitrogen and oxygen atoms in total. The van der Waals surface area contributed by atoms with Gasteiger partial charge in [0.2, 0.25) is 11.8 Å². The summed E-state index contributed by atoms with van der Waals surface area (Å²) in [6.45, 7) is 7.31. The molecule has 0 saturated heterocycles. The van der Waals surface area contributed by atoms with Gasteiger partial charge in [-0.15, -0.1) is 0 Å². The van der Waals surface area contributed by atoms with E-state index in [1.165, 1.54) is 0 Å². The zero-order valence-electron chi connectivity index (χ0n) is 22.2. The van der Waals surface area contributed by atoms with Gasteiger partial charge in [0, 0.05) is 27.6 Å². The molecule has 0 bridgehead atoms. The molecule has 43 heavy (non-hydrogen) atoms.